The molecule has 0 saturated carbocycles. The van der Waals surface area contributed by atoms with E-state index in [1.807, 2.05) is 29.1 Å². The molecule has 0 aliphatic carbocycles. The molecule has 144 valence electrons. The van der Waals surface area contributed by atoms with Gasteiger partial charge in [0.25, 0.3) is 11.4 Å². The third-order valence-electron chi connectivity index (χ3n) is 4.55. The van der Waals surface area contributed by atoms with Crippen LogP contribution in [0.1, 0.15) is 24.4 Å². The molecule has 1 aliphatic rings. The molecule has 8 nitrogen and oxygen atoms in total. The third kappa shape index (κ3) is 3.71. The number of benzene rings is 1. The SMILES string of the molecule is O=[N+]([O-])c1cc(C(F)(F)F)cc([N+](=O)[O-])c1N1CCCC(n2cccc2)C1. The normalized spacial score (nSPS) is 17.7. The third-order valence-corrected chi connectivity index (χ3v) is 4.55. The molecule has 0 spiro atoms. The highest BCUT2D eigenvalue weighted by molar-refractivity contribution is 5.76. The lowest BCUT2D eigenvalue weighted by Crippen LogP contribution is -2.37. The lowest BCUT2D eigenvalue weighted by Gasteiger charge is -2.34. The number of hydrogen-bond donors (Lipinski definition) is 0. The molecule has 1 saturated heterocycles. The second-order valence-corrected chi connectivity index (χ2v) is 6.25. The number of alkyl halides is 3. The topological polar surface area (TPSA) is 94.4 Å². The molecule has 1 aliphatic heterocycles. The fourth-order valence-corrected chi connectivity index (χ4v) is 3.36. The highest BCUT2D eigenvalue weighted by Gasteiger charge is 2.40. The van der Waals surface area contributed by atoms with E-state index < -0.39 is 33.0 Å². The average Bonchev–Trinajstić information content (AvgIpc) is 3.14. The van der Waals surface area contributed by atoms with Gasteiger partial charge in [-0.2, -0.15) is 13.2 Å². The van der Waals surface area contributed by atoms with Gasteiger partial charge >= 0.3 is 6.18 Å². The predicted molar refractivity (Wildman–Crippen MR) is 89.7 cm³/mol. The van der Waals surface area contributed by atoms with Gasteiger partial charge < -0.3 is 9.47 Å². The van der Waals surface area contributed by atoms with Crippen molar-refractivity contribution in [2.24, 2.45) is 0 Å². The maximum absolute atomic E-state index is 13.0. The van der Waals surface area contributed by atoms with Gasteiger partial charge in [0.1, 0.15) is 0 Å². The van der Waals surface area contributed by atoms with Crippen molar-refractivity contribution in [2.45, 2.75) is 25.1 Å². The summed E-state index contributed by atoms with van der Waals surface area (Å²) in [6.07, 6.45) is 0.0443. The summed E-state index contributed by atoms with van der Waals surface area (Å²) in [7, 11) is 0. The van der Waals surface area contributed by atoms with E-state index in [2.05, 4.69) is 0 Å². The van der Waals surface area contributed by atoms with E-state index in [4.69, 9.17) is 0 Å². The molecule has 2 aromatic rings. The summed E-state index contributed by atoms with van der Waals surface area (Å²) in [6, 6.07) is 4.25. The van der Waals surface area contributed by atoms with Crippen LogP contribution in [0, 0.1) is 20.2 Å². The van der Waals surface area contributed by atoms with Crippen molar-refractivity contribution < 1.29 is 23.0 Å². The second kappa shape index (κ2) is 6.89. The Morgan fingerprint density at radius 3 is 2.07 bits per heavy atom. The Bertz CT molecular complexity index is 832. The van der Waals surface area contributed by atoms with Crippen LogP contribution in [-0.4, -0.2) is 27.5 Å². The minimum absolute atomic E-state index is 0.0877. The average molecular weight is 384 g/mol. The lowest BCUT2D eigenvalue weighted by molar-refractivity contribution is -0.393. The molecule has 1 aromatic heterocycles. The number of halogens is 3. The van der Waals surface area contributed by atoms with E-state index in [1.54, 1.807) is 0 Å². The predicted octanol–water partition coefficient (Wildman–Crippen LogP) is 4.16. The number of aromatic nitrogens is 1. The van der Waals surface area contributed by atoms with Crippen LogP contribution in [0.3, 0.4) is 0 Å². The first-order valence-corrected chi connectivity index (χ1v) is 8.10. The van der Waals surface area contributed by atoms with Gasteiger partial charge in [-0.3, -0.25) is 20.2 Å². The van der Waals surface area contributed by atoms with Gasteiger partial charge in [-0.25, -0.2) is 0 Å². The smallest absolute Gasteiger partial charge is 0.358 e. The molecular formula is C16H15F3N4O4. The van der Waals surface area contributed by atoms with Crippen molar-refractivity contribution in [3.8, 4) is 0 Å². The first kappa shape index (κ1) is 18.7. The van der Waals surface area contributed by atoms with Gasteiger partial charge in [0.05, 0.1) is 21.5 Å². The Hall–Kier alpha value is -3.11. The van der Waals surface area contributed by atoms with E-state index >= 15 is 0 Å². The van der Waals surface area contributed by atoms with Crippen molar-refractivity contribution in [1.82, 2.24) is 4.57 Å². The molecule has 27 heavy (non-hydrogen) atoms. The van der Waals surface area contributed by atoms with Crippen molar-refractivity contribution in [2.75, 3.05) is 18.0 Å². The molecule has 1 atom stereocenters. The van der Waals surface area contributed by atoms with Gasteiger partial charge in [0, 0.05) is 37.6 Å². The molecule has 1 unspecified atom stereocenters. The molecule has 11 heteroatoms. The van der Waals surface area contributed by atoms with E-state index in [0.29, 0.717) is 18.6 Å². The Labute approximate surface area is 151 Å². The molecule has 1 fully saturated rings. The van der Waals surface area contributed by atoms with Gasteiger partial charge in [-0.1, -0.05) is 0 Å². The quantitative estimate of drug-likeness (QED) is 0.583. The van der Waals surface area contributed by atoms with E-state index in [1.165, 1.54) is 4.90 Å². The minimum Gasteiger partial charge on any atom is -0.358 e. The summed E-state index contributed by atoms with van der Waals surface area (Å²) in [5.41, 5.74) is -3.62. The molecule has 2 heterocycles. The van der Waals surface area contributed by atoms with Crippen LogP contribution in [-0.2, 0) is 6.18 Å². The molecule has 3 rings (SSSR count). The fourth-order valence-electron chi connectivity index (χ4n) is 3.36. The number of hydrogen-bond acceptors (Lipinski definition) is 5. The van der Waals surface area contributed by atoms with Crippen LogP contribution in [0.25, 0.3) is 0 Å². The Kier molecular flexibility index (Phi) is 4.77. The Morgan fingerprint density at radius 1 is 1.04 bits per heavy atom. The van der Waals surface area contributed by atoms with E-state index in [9.17, 15) is 33.4 Å². The monoisotopic (exact) mass is 384 g/mol. The van der Waals surface area contributed by atoms with Crippen molar-refractivity contribution in [1.29, 1.82) is 0 Å². The van der Waals surface area contributed by atoms with E-state index in [0.717, 1.165) is 6.42 Å². The number of piperidine rings is 1. The zero-order chi connectivity index (χ0) is 19.8. The molecule has 0 radical (unpaired) electrons. The highest BCUT2D eigenvalue weighted by atomic mass is 19.4. The maximum atomic E-state index is 13.0. The number of nitro benzene ring substituents is 2. The van der Waals surface area contributed by atoms with E-state index in [-0.39, 0.29) is 24.8 Å². The fraction of sp³-hybridized carbons (Fsp3) is 0.375. The summed E-state index contributed by atoms with van der Waals surface area (Å²) in [5, 5.41) is 22.8. The first-order chi connectivity index (χ1) is 12.7. The molecular weight excluding hydrogens is 369 g/mol. The summed E-state index contributed by atoms with van der Waals surface area (Å²) >= 11 is 0. The molecule has 0 amide bonds. The van der Waals surface area contributed by atoms with Crippen LogP contribution >= 0.6 is 0 Å². The van der Waals surface area contributed by atoms with Crippen molar-refractivity contribution in [3.05, 3.63) is 62.5 Å². The van der Waals surface area contributed by atoms with Crippen LogP contribution in [0.15, 0.2) is 36.7 Å². The summed E-state index contributed by atoms with van der Waals surface area (Å²) in [5.74, 6) is 0. The van der Waals surface area contributed by atoms with Gasteiger partial charge in [0.15, 0.2) is 5.69 Å². The Balaban J connectivity index is 2.10. The van der Waals surface area contributed by atoms with Crippen LogP contribution in [0.2, 0.25) is 0 Å². The van der Waals surface area contributed by atoms with Gasteiger partial charge in [0.2, 0.25) is 0 Å². The summed E-state index contributed by atoms with van der Waals surface area (Å²) in [4.78, 5) is 22.3. The highest BCUT2D eigenvalue weighted by Crippen LogP contribution is 2.44. The molecule has 0 N–H and O–H groups in total. The maximum Gasteiger partial charge on any atom is 0.416 e. The minimum atomic E-state index is -4.93. The number of rotatable bonds is 4. The Morgan fingerprint density at radius 2 is 1.59 bits per heavy atom. The number of nitro groups is 2. The summed E-state index contributed by atoms with van der Waals surface area (Å²) < 4.78 is 41.0. The number of anilines is 1. The van der Waals surface area contributed by atoms with Crippen molar-refractivity contribution in [3.63, 3.8) is 0 Å². The largest absolute Gasteiger partial charge is 0.416 e. The molecule has 0 bridgehead atoms. The number of nitrogens with zero attached hydrogens (tertiary/aromatic N) is 4. The van der Waals surface area contributed by atoms with Gasteiger partial charge in [-0.15, -0.1) is 0 Å². The standard InChI is InChI=1S/C16H15F3N4O4/c17-16(18,19)11-8-13(22(24)25)15(14(9-11)23(26)27)21-7-3-4-12(10-21)20-5-1-2-6-20/h1-2,5-6,8-9,12H,3-4,7,10H2. The first-order valence-electron chi connectivity index (χ1n) is 8.10. The van der Waals surface area contributed by atoms with Crippen LogP contribution < -0.4 is 4.90 Å². The van der Waals surface area contributed by atoms with Gasteiger partial charge in [-0.05, 0) is 25.0 Å². The lowest BCUT2D eigenvalue weighted by atomic mass is 10.0. The zero-order valence-electron chi connectivity index (χ0n) is 13.9. The van der Waals surface area contributed by atoms with Crippen LogP contribution in [0.4, 0.5) is 30.2 Å². The van der Waals surface area contributed by atoms with Crippen LogP contribution in [0.5, 0.6) is 0 Å². The van der Waals surface area contributed by atoms with Crippen molar-refractivity contribution >= 4 is 17.1 Å². The summed E-state index contributed by atoms with van der Waals surface area (Å²) in [6.45, 7) is 0.506. The molecule has 1 aromatic carbocycles. The second-order valence-electron chi connectivity index (χ2n) is 6.25. The zero-order valence-corrected chi connectivity index (χ0v) is 13.9.